The molecule has 0 atom stereocenters. The van der Waals surface area contributed by atoms with Gasteiger partial charge < -0.3 is 9.64 Å². The van der Waals surface area contributed by atoms with Gasteiger partial charge in [-0.15, -0.1) is 11.3 Å². The lowest BCUT2D eigenvalue weighted by atomic mass is 10.4. The van der Waals surface area contributed by atoms with Gasteiger partial charge in [0.1, 0.15) is 0 Å². The summed E-state index contributed by atoms with van der Waals surface area (Å²) < 4.78 is 5.50. The van der Waals surface area contributed by atoms with E-state index in [0.717, 1.165) is 10.7 Å². The van der Waals surface area contributed by atoms with Crippen LogP contribution in [0.25, 0.3) is 0 Å². The largest absolute Gasteiger partial charge is 0.461 e. The van der Waals surface area contributed by atoms with Crippen molar-refractivity contribution in [2.24, 2.45) is 5.84 Å². The Bertz CT molecular complexity index is 601. The molecule has 2 heterocycles. The Labute approximate surface area is 127 Å². The highest BCUT2D eigenvalue weighted by atomic mass is 32.1. The second-order valence-corrected chi connectivity index (χ2v) is 5.83. The fourth-order valence-electron chi connectivity index (χ4n) is 1.64. The fraction of sp³-hybridized carbons (Fsp3) is 0.500. The van der Waals surface area contributed by atoms with Crippen LogP contribution in [0.4, 0.5) is 11.9 Å². The molecule has 2 aromatic rings. The molecule has 0 bridgehead atoms. The maximum atomic E-state index is 5.50. The Morgan fingerprint density at radius 2 is 2.10 bits per heavy atom. The predicted molar refractivity (Wildman–Crippen MR) is 82.4 cm³/mol. The summed E-state index contributed by atoms with van der Waals surface area (Å²) in [5.74, 6) is 6.12. The molecular weight excluding hydrogens is 290 g/mol. The van der Waals surface area contributed by atoms with E-state index in [9.17, 15) is 0 Å². The van der Waals surface area contributed by atoms with E-state index in [2.05, 4.69) is 25.4 Å². The highest BCUT2D eigenvalue weighted by molar-refractivity contribution is 7.09. The quantitative estimate of drug-likeness (QED) is 0.609. The summed E-state index contributed by atoms with van der Waals surface area (Å²) in [5, 5.41) is 3.04. The molecule has 9 heteroatoms. The Balaban J connectivity index is 2.20. The molecule has 8 nitrogen and oxygen atoms in total. The molecule has 0 spiro atoms. The number of rotatable bonds is 6. The molecule has 0 saturated heterocycles. The first-order valence-corrected chi connectivity index (χ1v) is 7.37. The Hall–Kier alpha value is -2.00. The average molecular weight is 309 g/mol. The van der Waals surface area contributed by atoms with Gasteiger partial charge in [-0.25, -0.2) is 10.8 Å². The number of anilines is 2. The van der Waals surface area contributed by atoms with Gasteiger partial charge in [-0.05, 0) is 20.8 Å². The first kappa shape index (κ1) is 15.4. The highest BCUT2D eigenvalue weighted by Crippen LogP contribution is 2.17. The van der Waals surface area contributed by atoms with Crippen LogP contribution in [0.3, 0.4) is 0 Å². The number of hydrogen-bond acceptors (Lipinski definition) is 9. The summed E-state index contributed by atoms with van der Waals surface area (Å²) in [6.45, 7) is 6.38. The maximum absolute atomic E-state index is 5.50. The molecule has 0 aliphatic carbocycles. The summed E-state index contributed by atoms with van der Waals surface area (Å²) in [7, 11) is 1.88. The van der Waals surface area contributed by atoms with Crippen LogP contribution >= 0.6 is 11.3 Å². The van der Waals surface area contributed by atoms with E-state index in [0.29, 0.717) is 12.5 Å². The van der Waals surface area contributed by atoms with Gasteiger partial charge in [0.2, 0.25) is 11.9 Å². The van der Waals surface area contributed by atoms with Gasteiger partial charge in [-0.3, -0.25) is 5.43 Å². The normalized spacial score (nSPS) is 10.8. The number of hydrogen-bond donors (Lipinski definition) is 2. The van der Waals surface area contributed by atoms with E-state index in [1.54, 1.807) is 11.3 Å². The Morgan fingerprint density at radius 3 is 2.67 bits per heavy atom. The number of nitrogens with two attached hydrogens (primary N) is 1. The van der Waals surface area contributed by atoms with Crippen molar-refractivity contribution in [2.75, 3.05) is 17.4 Å². The van der Waals surface area contributed by atoms with E-state index in [1.165, 1.54) is 0 Å². The molecule has 0 saturated carbocycles. The fourth-order valence-corrected chi connectivity index (χ4v) is 2.24. The van der Waals surface area contributed by atoms with Gasteiger partial charge in [0.25, 0.3) is 0 Å². The van der Waals surface area contributed by atoms with Crippen LogP contribution in [0.15, 0.2) is 5.38 Å². The second-order valence-electron chi connectivity index (χ2n) is 4.77. The minimum absolute atomic E-state index is 0.0302. The summed E-state index contributed by atoms with van der Waals surface area (Å²) in [6.07, 6.45) is -0.0302. The number of aryl methyl sites for hydroxylation is 1. The van der Waals surface area contributed by atoms with Gasteiger partial charge in [-0.2, -0.15) is 15.0 Å². The third-order valence-electron chi connectivity index (χ3n) is 2.48. The molecule has 0 amide bonds. The lowest BCUT2D eigenvalue weighted by molar-refractivity contribution is 0.222. The van der Waals surface area contributed by atoms with E-state index in [-0.39, 0.29) is 18.1 Å². The van der Waals surface area contributed by atoms with Crippen LogP contribution in [0.1, 0.15) is 24.5 Å². The van der Waals surface area contributed by atoms with Crippen LogP contribution in [-0.4, -0.2) is 33.1 Å². The van der Waals surface area contributed by atoms with Gasteiger partial charge in [-0.1, -0.05) is 0 Å². The zero-order chi connectivity index (χ0) is 15.4. The van der Waals surface area contributed by atoms with Crippen LogP contribution in [0.2, 0.25) is 0 Å². The molecule has 21 heavy (non-hydrogen) atoms. The van der Waals surface area contributed by atoms with E-state index >= 15 is 0 Å². The number of nitrogen functional groups attached to an aromatic ring is 1. The molecule has 0 unspecified atom stereocenters. The SMILES string of the molecule is Cc1nc(CN(C)c2nc(NN)nc(OC(C)C)n2)cs1. The molecule has 2 aromatic heterocycles. The molecule has 0 aromatic carbocycles. The standard InChI is InChI=1S/C12H19N7OS/c1-7(2)20-12-16-10(18-13)15-11(17-12)19(4)5-9-6-21-8(3)14-9/h6-7H,5,13H2,1-4H3,(H,15,16,17,18). The molecular formula is C12H19N7OS. The zero-order valence-electron chi connectivity index (χ0n) is 12.5. The topological polar surface area (TPSA) is 102 Å². The summed E-state index contributed by atoms with van der Waals surface area (Å²) in [5.41, 5.74) is 3.39. The van der Waals surface area contributed by atoms with Crippen molar-refractivity contribution in [3.05, 3.63) is 16.1 Å². The van der Waals surface area contributed by atoms with Crippen molar-refractivity contribution >= 4 is 23.2 Å². The number of nitrogens with zero attached hydrogens (tertiary/aromatic N) is 5. The molecule has 0 radical (unpaired) electrons. The van der Waals surface area contributed by atoms with E-state index < -0.39 is 0 Å². The van der Waals surface area contributed by atoms with Crippen LogP contribution in [0.5, 0.6) is 6.01 Å². The van der Waals surface area contributed by atoms with Crippen molar-refractivity contribution in [3.63, 3.8) is 0 Å². The Morgan fingerprint density at radius 1 is 1.33 bits per heavy atom. The first-order chi connectivity index (χ1) is 9.97. The molecule has 0 aliphatic rings. The van der Waals surface area contributed by atoms with Gasteiger partial charge in [0.05, 0.1) is 23.4 Å². The minimum atomic E-state index is -0.0302. The van der Waals surface area contributed by atoms with Gasteiger partial charge in [0, 0.05) is 12.4 Å². The van der Waals surface area contributed by atoms with Crippen LogP contribution in [-0.2, 0) is 6.54 Å². The zero-order valence-corrected chi connectivity index (χ0v) is 13.3. The van der Waals surface area contributed by atoms with Crippen molar-refractivity contribution in [1.29, 1.82) is 0 Å². The number of nitrogens with one attached hydrogen (secondary N) is 1. The van der Waals surface area contributed by atoms with Crippen molar-refractivity contribution in [1.82, 2.24) is 19.9 Å². The monoisotopic (exact) mass is 309 g/mol. The van der Waals surface area contributed by atoms with Crippen molar-refractivity contribution in [2.45, 2.75) is 33.4 Å². The smallest absolute Gasteiger partial charge is 0.323 e. The number of hydrazine groups is 1. The second kappa shape index (κ2) is 6.64. The molecule has 114 valence electrons. The number of ether oxygens (including phenoxy) is 1. The summed E-state index contributed by atoms with van der Waals surface area (Å²) in [4.78, 5) is 18.9. The Kier molecular flexibility index (Phi) is 4.86. The lowest BCUT2D eigenvalue weighted by Gasteiger charge is -2.17. The number of thiazole rings is 1. The van der Waals surface area contributed by atoms with Crippen molar-refractivity contribution in [3.8, 4) is 6.01 Å². The van der Waals surface area contributed by atoms with Gasteiger partial charge in [0.15, 0.2) is 0 Å². The molecule has 3 N–H and O–H groups in total. The lowest BCUT2D eigenvalue weighted by Crippen LogP contribution is -2.22. The summed E-state index contributed by atoms with van der Waals surface area (Å²) >= 11 is 1.61. The average Bonchev–Trinajstić information content (AvgIpc) is 2.82. The summed E-state index contributed by atoms with van der Waals surface area (Å²) in [6, 6.07) is 0.240. The minimum Gasteiger partial charge on any atom is -0.461 e. The molecule has 2 rings (SSSR count). The van der Waals surface area contributed by atoms with Crippen LogP contribution in [0, 0.1) is 6.92 Å². The van der Waals surface area contributed by atoms with Crippen molar-refractivity contribution < 1.29 is 4.74 Å². The predicted octanol–water partition coefficient (Wildman–Crippen LogP) is 1.35. The highest BCUT2D eigenvalue weighted by Gasteiger charge is 2.13. The maximum Gasteiger partial charge on any atom is 0.323 e. The first-order valence-electron chi connectivity index (χ1n) is 6.49. The van der Waals surface area contributed by atoms with Gasteiger partial charge >= 0.3 is 6.01 Å². The van der Waals surface area contributed by atoms with E-state index in [4.69, 9.17) is 10.6 Å². The third-order valence-corrected chi connectivity index (χ3v) is 3.30. The molecule has 0 aliphatic heterocycles. The number of aromatic nitrogens is 4. The van der Waals surface area contributed by atoms with Crippen LogP contribution < -0.4 is 20.9 Å². The third kappa shape index (κ3) is 4.23. The molecule has 0 fully saturated rings. The van der Waals surface area contributed by atoms with E-state index in [1.807, 2.05) is 38.1 Å².